The van der Waals surface area contributed by atoms with Crippen LogP contribution in [0.2, 0.25) is 0 Å². The Morgan fingerprint density at radius 3 is 2.23 bits per heavy atom. The van der Waals surface area contributed by atoms with Crippen molar-refractivity contribution in [3.63, 3.8) is 0 Å². The molecule has 4 fully saturated rings. The molecule has 3 nitrogen and oxygen atoms in total. The molecule has 1 aromatic rings. The minimum Gasteiger partial charge on any atom is -0.486 e. The highest BCUT2D eigenvalue weighted by molar-refractivity contribution is 5.79. The van der Waals surface area contributed by atoms with Gasteiger partial charge in [-0.25, -0.2) is 0 Å². The van der Waals surface area contributed by atoms with Gasteiger partial charge in [-0.2, -0.15) is 0 Å². The zero-order valence-corrected chi connectivity index (χ0v) is 16.0. The van der Waals surface area contributed by atoms with Crippen LogP contribution in [-0.2, 0) is 14.9 Å². The van der Waals surface area contributed by atoms with Gasteiger partial charge in [-0.1, -0.05) is 12.1 Å². The van der Waals surface area contributed by atoms with Gasteiger partial charge in [0.2, 0.25) is 0 Å². The molecule has 0 radical (unpaired) electrons. The van der Waals surface area contributed by atoms with Crippen molar-refractivity contribution >= 4 is 5.78 Å². The first-order valence-electron chi connectivity index (χ1n) is 10.5. The van der Waals surface area contributed by atoms with Crippen molar-refractivity contribution in [1.82, 2.24) is 0 Å². The summed E-state index contributed by atoms with van der Waals surface area (Å²) >= 11 is 0. The largest absolute Gasteiger partial charge is 0.486 e. The molecule has 4 aliphatic rings. The van der Waals surface area contributed by atoms with Gasteiger partial charge in [0, 0.05) is 19.6 Å². The fraction of sp³-hybridized carbons (Fsp3) is 0.696. The summed E-state index contributed by atoms with van der Waals surface area (Å²) in [6.07, 6.45) is 9.91. The molecule has 0 unspecified atom stereocenters. The number of carbonyl (C=O) groups is 1. The summed E-state index contributed by atoms with van der Waals surface area (Å²) in [4.78, 5) is 11.9. The van der Waals surface area contributed by atoms with E-state index in [1.165, 1.54) is 44.1 Å². The number of ether oxygens (including phenoxy) is 2. The second-order valence-corrected chi connectivity index (χ2v) is 8.85. The molecule has 0 heterocycles. The molecule has 0 spiro atoms. The Labute approximate surface area is 157 Å². The molecule has 4 bridgehead atoms. The lowest BCUT2D eigenvalue weighted by Crippen LogP contribution is -2.48. The van der Waals surface area contributed by atoms with E-state index in [2.05, 4.69) is 24.3 Å². The molecule has 0 atom stereocenters. The van der Waals surface area contributed by atoms with Gasteiger partial charge in [0.05, 0.1) is 0 Å². The Morgan fingerprint density at radius 1 is 1.04 bits per heavy atom. The van der Waals surface area contributed by atoms with Gasteiger partial charge < -0.3 is 9.47 Å². The van der Waals surface area contributed by atoms with E-state index in [-0.39, 0.29) is 12.4 Å². The van der Waals surface area contributed by atoms with Crippen molar-refractivity contribution in [1.29, 1.82) is 0 Å². The molecule has 4 aliphatic carbocycles. The average Bonchev–Trinajstić information content (AvgIpc) is 2.63. The number of Topliss-reactive ketones (excluding diaryl/α,β-unsaturated/α-hetero) is 1. The third-order valence-electron chi connectivity index (χ3n) is 6.85. The summed E-state index contributed by atoms with van der Waals surface area (Å²) in [6, 6.07) is 8.67. The van der Waals surface area contributed by atoms with E-state index in [0.29, 0.717) is 25.0 Å². The molecule has 5 rings (SSSR count). The van der Waals surface area contributed by atoms with Crippen molar-refractivity contribution in [3.05, 3.63) is 29.8 Å². The second kappa shape index (κ2) is 7.72. The molecule has 0 saturated heterocycles. The summed E-state index contributed by atoms with van der Waals surface area (Å²) in [5.74, 6) is 3.86. The van der Waals surface area contributed by atoms with Crippen LogP contribution in [0.5, 0.6) is 5.75 Å². The highest BCUT2D eigenvalue weighted by atomic mass is 16.5. The molecule has 1 aromatic carbocycles. The number of benzene rings is 1. The van der Waals surface area contributed by atoms with Gasteiger partial charge in [0.15, 0.2) is 5.78 Å². The van der Waals surface area contributed by atoms with Gasteiger partial charge in [-0.05, 0) is 92.7 Å². The van der Waals surface area contributed by atoms with Gasteiger partial charge in [0.1, 0.15) is 12.4 Å². The molecule has 0 aliphatic heterocycles. The molecule has 0 amide bonds. The van der Waals surface area contributed by atoms with Crippen molar-refractivity contribution in [3.8, 4) is 5.75 Å². The third kappa shape index (κ3) is 3.83. The van der Waals surface area contributed by atoms with E-state index in [0.717, 1.165) is 29.9 Å². The summed E-state index contributed by atoms with van der Waals surface area (Å²) in [7, 11) is 0. The Kier molecular flexibility index (Phi) is 5.35. The lowest BCUT2D eigenvalue weighted by atomic mass is 9.48. The first-order chi connectivity index (χ1) is 12.7. The number of ketones is 1. The monoisotopic (exact) mass is 356 g/mol. The fourth-order valence-corrected chi connectivity index (χ4v) is 6.12. The molecule has 4 saturated carbocycles. The quantitative estimate of drug-likeness (QED) is 0.589. The number of rotatable bonds is 9. The van der Waals surface area contributed by atoms with Crippen LogP contribution in [0.1, 0.15) is 63.9 Å². The zero-order valence-electron chi connectivity index (χ0n) is 16.0. The van der Waals surface area contributed by atoms with Crippen LogP contribution in [0.25, 0.3) is 0 Å². The van der Waals surface area contributed by atoms with Crippen LogP contribution in [0.4, 0.5) is 0 Å². The van der Waals surface area contributed by atoms with Gasteiger partial charge in [0.25, 0.3) is 0 Å². The predicted molar refractivity (Wildman–Crippen MR) is 103 cm³/mol. The molecule has 0 N–H and O–H groups in total. The SMILES string of the molecule is CCOCCCC(=O)COc1ccc(C23CC4CC(CC(C4)C2)C3)cc1. The smallest absolute Gasteiger partial charge is 0.170 e. The summed E-state index contributed by atoms with van der Waals surface area (Å²) < 4.78 is 11.0. The van der Waals surface area contributed by atoms with Crippen molar-refractivity contribution < 1.29 is 14.3 Å². The maximum atomic E-state index is 11.9. The minimum absolute atomic E-state index is 0.148. The molecular weight excluding hydrogens is 324 g/mol. The lowest BCUT2D eigenvalue weighted by molar-refractivity contribution is -0.121. The van der Waals surface area contributed by atoms with Crippen molar-refractivity contribution in [2.45, 2.75) is 63.7 Å². The highest BCUT2D eigenvalue weighted by Crippen LogP contribution is 2.60. The van der Waals surface area contributed by atoms with E-state index in [1.54, 1.807) is 0 Å². The first-order valence-corrected chi connectivity index (χ1v) is 10.5. The van der Waals surface area contributed by atoms with Crippen LogP contribution in [-0.4, -0.2) is 25.6 Å². The minimum atomic E-state index is 0.148. The van der Waals surface area contributed by atoms with E-state index in [1.807, 2.05) is 6.92 Å². The van der Waals surface area contributed by atoms with E-state index in [9.17, 15) is 4.79 Å². The number of carbonyl (C=O) groups excluding carboxylic acids is 1. The Bertz CT molecular complexity index is 584. The van der Waals surface area contributed by atoms with Crippen LogP contribution in [0.15, 0.2) is 24.3 Å². The van der Waals surface area contributed by atoms with E-state index >= 15 is 0 Å². The van der Waals surface area contributed by atoms with Crippen molar-refractivity contribution in [2.75, 3.05) is 19.8 Å². The second-order valence-electron chi connectivity index (χ2n) is 8.85. The van der Waals surface area contributed by atoms with Crippen LogP contribution in [0.3, 0.4) is 0 Å². The standard InChI is InChI=1S/C23H32O3/c1-2-25-9-3-4-21(24)16-26-22-7-5-20(6-8-22)23-13-17-10-18(14-23)12-19(11-17)15-23/h5-8,17-19H,2-4,9-16H2,1H3. The van der Waals surface area contributed by atoms with Gasteiger partial charge in [-0.3, -0.25) is 4.79 Å². The Hall–Kier alpha value is -1.35. The molecule has 142 valence electrons. The summed E-state index contributed by atoms with van der Waals surface area (Å²) in [5.41, 5.74) is 1.94. The van der Waals surface area contributed by atoms with E-state index in [4.69, 9.17) is 9.47 Å². The zero-order chi connectivity index (χ0) is 18.0. The molecule has 26 heavy (non-hydrogen) atoms. The summed E-state index contributed by atoms with van der Waals surface area (Å²) in [6.45, 7) is 3.50. The summed E-state index contributed by atoms with van der Waals surface area (Å²) in [5, 5.41) is 0. The molecule has 0 aromatic heterocycles. The predicted octanol–water partition coefficient (Wildman–Crippen LogP) is 4.92. The average molecular weight is 357 g/mol. The Morgan fingerprint density at radius 2 is 1.65 bits per heavy atom. The van der Waals surface area contributed by atoms with Crippen LogP contribution < -0.4 is 4.74 Å². The maximum absolute atomic E-state index is 11.9. The van der Waals surface area contributed by atoms with E-state index < -0.39 is 0 Å². The first kappa shape index (κ1) is 18.0. The number of hydrogen-bond acceptors (Lipinski definition) is 3. The van der Waals surface area contributed by atoms with Crippen LogP contribution >= 0.6 is 0 Å². The van der Waals surface area contributed by atoms with Crippen LogP contribution in [0, 0.1) is 17.8 Å². The fourth-order valence-electron chi connectivity index (χ4n) is 6.12. The molecule has 3 heteroatoms. The highest BCUT2D eigenvalue weighted by Gasteiger charge is 2.51. The maximum Gasteiger partial charge on any atom is 0.170 e. The number of hydrogen-bond donors (Lipinski definition) is 0. The normalized spacial score (nSPS) is 32.0. The Balaban J connectivity index is 1.31. The lowest BCUT2D eigenvalue weighted by Gasteiger charge is -2.57. The van der Waals surface area contributed by atoms with Gasteiger partial charge in [-0.15, -0.1) is 0 Å². The van der Waals surface area contributed by atoms with Crippen molar-refractivity contribution in [2.24, 2.45) is 17.8 Å². The topological polar surface area (TPSA) is 35.5 Å². The molecular formula is C23H32O3. The third-order valence-corrected chi connectivity index (χ3v) is 6.85. The van der Waals surface area contributed by atoms with Gasteiger partial charge >= 0.3 is 0 Å².